The molecule has 0 aliphatic carbocycles. The molecule has 2 heterocycles. The average molecular weight is 319 g/mol. The van der Waals surface area contributed by atoms with E-state index in [2.05, 4.69) is 26.0 Å². The number of carbonyl (C=O) groups excluding carboxylic acids is 1. The van der Waals surface area contributed by atoms with E-state index in [9.17, 15) is 4.79 Å². The molecule has 0 unspecified atom stereocenters. The molecule has 0 aliphatic heterocycles. The van der Waals surface area contributed by atoms with Crippen molar-refractivity contribution >= 4 is 17.6 Å². The van der Waals surface area contributed by atoms with Crippen LogP contribution in [-0.2, 0) is 13.0 Å². The molecule has 0 spiro atoms. The maximum absolute atomic E-state index is 12.2. The minimum Gasteiger partial charge on any atom is -0.333 e. The molecule has 22 heavy (non-hydrogen) atoms. The van der Waals surface area contributed by atoms with E-state index in [4.69, 9.17) is 0 Å². The average Bonchev–Trinajstić information content (AvgIpc) is 2.89. The van der Waals surface area contributed by atoms with Crippen LogP contribution in [0.25, 0.3) is 0 Å². The number of aryl methyl sites for hydroxylation is 2. The SMILES string of the molecule is Cc1ccnc(C[C@H](C)N(C)C(=O)NCc2snnc2C)c1. The number of nitrogens with zero attached hydrogens (tertiary/aromatic N) is 4. The third-order valence-corrected chi connectivity index (χ3v) is 4.43. The Kier molecular flexibility index (Phi) is 5.43. The van der Waals surface area contributed by atoms with Crippen molar-refractivity contribution in [1.29, 1.82) is 0 Å². The van der Waals surface area contributed by atoms with Crippen molar-refractivity contribution < 1.29 is 4.79 Å². The summed E-state index contributed by atoms with van der Waals surface area (Å²) in [5.74, 6) is 0. The van der Waals surface area contributed by atoms with Gasteiger partial charge in [-0.15, -0.1) is 5.10 Å². The van der Waals surface area contributed by atoms with Crippen LogP contribution in [0.1, 0.15) is 28.8 Å². The standard InChI is InChI=1S/C15H21N5OS/c1-10-5-6-16-13(7-10)8-11(2)20(4)15(21)17-9-14-12(3)18-19-22-14/h5-7,11H,8-9H2,1-4H3,(H,17,21)/t11-/m0/s1. The van der Waals surface area contributed by atoms with Gasteiger partial charge in [0.2, 0.25) is 0 Å². The van der Waals surface area contributed by atoms with E-state index in [-0.39, 0.29) is 12.1 Å². The van der Waals surface area contributed by atoms with Crippen LogP contribution in [-0.4, -0.2) is 38.6 Å². The zero-order chi connectivity index (χ0) is 16.1. The molecule has 2 rings (SSSR count). The molecule has 2 amide bonds. The van der Waals surface area contributed by atoms with Gasteiger partial charge in [-0.25, -0.2) is 4.79 Å². The lowest BCUT2D eigenvalue weighted by molar-refractivity contribution is 0.193. The van der Waals surface area contributed by atoms with E-state index >= 15 is 0 Å². The van der Waals surface area contributed by atoms with E-state index in [0.717, 1.165) is 22.7 Å². The van der Waals surface area contributed by atoms with Gasteiger partial charge in [-0.05, 0) is 50.0 Å². The minimum absolute atomic E-state index is 0.0648. The van der Waals surface area contributed by atoms with Crippen molar-refractivity contribution in [3.63, 3.8) is 0 Å². The molecule has 0 saturated carbocycles. The lowest BCUT2D eigenvalue weighted by Gasteiger charge is -2.25. The Balaban J connectivity index is 1.88. The molecular weight excluding hydrogens is 298 g/mol. The molecule has 0 aromatic carbocycles. The topological polar surface area (TPSA) is 71.0 Å². The molecule has 0 bridgehead atoms. The van der Waals surface area contributed by atoms with Crippen molar-refractivity contribution in [2.45, 2.75) is 39.8 Å². The quantitative estimate of drug-likeness (QED) is 0.918. The second-order valence-corrected chi connectivity index (χ2v) is 6.27. The largest absolute Gasteiger partial charge is 0.333 e. The highest BCUT2D eigenvalue weighted by Gasteiger charge is 2.17. The number of likely N-dealkylation sites (N-methyl/N-ethyl adjacent to an activating group) is 1. The van der Waals surface area contributed by atoms with Gasteiger partial charge in [0.05, 0.1) is 17.1 Å². The second kappa shape index (κ2) is 7.31. The third kappa shape index (κ3) is 4.24. The van der Waals surface area contributed by atoms with Crippen LogP contribution >= 0.6 is 11.5 Å². The molecule has 118 valence electrons. The summed E-state index contributed by atoms with van der Waals surface area (Å²) >= 11 is 1.31. The van der Waals surface area contributed by atoms with Crippen LogP contribution in [0, 0.1) is 13.8 Å². The first kappa shape index (κ1) is 16.4. The first-order chi connectivity index (χ1) is 10.5. The molecular formula is C15H21N5OS. The Hall–Kier alpha value is -2.02. The Labute approximate surface area is 134 Å². The van der Waals surface area contributed by atoms with Crippen LogP contribution in [0.5, 0.6) is 0 Å². The molecule has 2 aromatic heterocycles. The van der Waals surface area contributed by atoms with Gasteiger partial charge in [0.25, 0.3) is 0 Å². The molecule has 0 radical (unpaired) electrons. The third-order valence-electron chi connectivity index (χ3n) is 3.60. The van der Waals surface area contributed by atoms with Crippen LogP contribution < -0.4 is 5.32 Å². The maximum Gasteiger partial charge on any atom is 0.317 e. The summed E-state index contributed by atoms with van der Waals surface area (Å²) in [6.07, 6.45) is 2.53. The number of amides is 2. The number of hydrogen-bond donors (Lipinski definition) is 1. The Morgan fingerprint density at radius 3 is 2.86 bits per heavy atom. The fraction of sp³-hybridized carbons (Fsp3) is 0.467. The summed E-state index contributed by atoms with van der Waals surface area (Å²) in [5, 5.41) is 6.83. The van der Waals surface area contributed by atoms with Crippen molar-refractivity contribution in [2.75, 3.05) is 7.05 Å². The van der Waals surface area contributed by atoms with Gasteiger partial charge in [-0.3, -0.25) is 4.98 Å². The smallest absolute Gasteiger partial charge is 0.317 e. The van der Waals surface area contributed by atoms with E-state index in [1.54, 1.807) is 18.1 Å². The first-order valence-electron chi connectivity index (χ1n) is 7.17. The van der Waals surface area contributed by atoms with Crippen LogP contribution in [0.2, 0.25) is 0 Å². The van der Waals surface area contributed by atoms with Crippen LogP contribution in [0.3, 0.4) is 0 Å². The van der Waals surface area contributed by atoms with E-state index in [0.29, 0.717) is 6.54 Å². The van der Waals surface area contributed by atoms with Crippen molar-refractivity contribution in [2.24, 2.45) is 0 Å². The maximum atomic E-state index is 12.2. The highest BCUT2D eigenvalue weighted by molar-refractivity contribution is 7.05. The van der Waals surface area contributed by atoms with E-state index < -0.39 is 0 Å². The van der Waals surface area contributed by atoms with Crippen molar-refractivity contribution in [3.05, 3.63) is 40.2 Å². The summed E-state index contributed by atoms with van der Waals surface area (Å²) in [5.41, 5.74) is 3.04. The summed E-state index contributed by atoms with van der Waals surface area (Å²) in [6, 6.07) is 3.98. The molecule has 6 nitrogen and oxygen atoms in total. The zero-order valence-electron chi connectivity index (χ0n) is 13.3. The van der Waals surface area contributed by atoms with Gasteiger partial charge >= 0.3 is 6.03 Å². The highest BCUT2D eigenvalue weighted by atomic mass is 32.1. The molecule has 2 aromatic rings. The summed E-state index contributed by atoms with van der Waals surface area (Å²) in [6.45, 7) is 6.41. The monoisotopic (exact) mass is 319 g/mol. The van der Waals surface area contributed by atoms with Crippen LogP contribution in [0.15, 0.2) is 18.3 Å². The van der Waals surface area contributed by atoms with E-state index in [1.165, 1.54) is 17.1 Å². The summed E-state index contributed by atoms with van der Waals surface area (Å²) < 4.78 is 3.86. The fourth-order valence-corrected chi connectivity index (χ4v) is 2.62. The fourth-order valence-electron chi connectivity index (χ4n) is 2.04. The van der Waals surface area contributed by atoms with Gasteiger partial charge in [0, 0.05) is 31.4 Å². The number of hydrogen-bond acceptors (Lipinski definition) is 5. The van der Waals surface area contributed by atoms with Crippen molar-refractivity contribution in [1.82, 2.24) is 24.8 Å². The van der Waals surface area contributed by atoms with Crippen LogP contribution in [0.4, 0.5) is 4.79 Å². The normalized spacial score (nSPS) is 12.0. The predicted octanol–water partition coefficient (Wildman–Crippen LogP) is 2.32. The van der Waals surface area contributed by atoms with Gasteiger partial charge in [0.15, 0.2) is 0 Å². The Morgan fingerprint density at radius 1 is 1.45 bits per heavy atom. The van der Waals surface area contributed by atoms with E-state index in [1.807, 2.05) is 26.8 Å². The molecule has 1 N–H and O–H groups in total. The number of aromatic nitrogens is 3. The van der Waals surface area contributed by atoms with Gasteiger partial charge in [0.1, 0.15) is 0 Å². The Bertz CT molecular complexity index is 642. The van der Waals surface area contributed by atoms with Gasteiger partial charge < -0.3 is 10.2 Å². The molecule has 1 atom stereocenters. The second-order valence-electron chi connectivity index (χ2n) is 5.43. The summed E-state index contributed by atoms with van der Waals surface area (Å²) in [7, 11) is 1.80. The molecule has 0 aliphatic rings. The minimum atomic E-state index is -0.104. The number of pyridine rings is 1. The number of carbonyl (C=O) groups is 1. The highest BCUT2D eigenvalue weighted by Crippen LogP contribution is 2.10. The molecule has 7 heteroatoms. The predicted molar refractivity (Wildman–Crippen MR) is 86.8 cm³/mol. The lowest BCUT2D eigenvalue weighted by Crippen LogP contribution is -2.43. The first-order valence-corrected chi connectivity index (χ1v) is 7.94. The van der Waals surface area contributed by atoms with Gasteiger partial charge in [-0.1, -0.05) is 4.49 Å². The van der Waals surface area contributed by atoms with Gasteiger partial charge in [-0.2, -0.15) is 0 Å². The number of nitrogens with one attached hydrogen (secondary N) is 1. The number of rotatable bonds is 5. The number of urea groups is 1. The lowest BCUT2D eigenvalue weighted by atomic mass is 10.1. The zero-order valence-corrected chi connectivity index (χ0v) is 14.1. The van der Waals surface area contributed by atoms with Crippen molar-refractivity contribution in [3.8, 4) is 0 Å². The molecule has 0 saturated heterocycles. The summed E-state index contributed by atoms with van der Waals surface area (Å²) in [4.78, 5) is 19.2. The molecule has 0 fully saturated rings. The Morgan fingerprint density at radius 2 is 2.23 bits per heavy atom.